The van der Waals surface area contributed by atoms with Crippen molar-refractivity contribution in [1.82, 2.24) is 0 Å². The van der Waals surface area contributed by atoms with Gasteiger partial charge in [0, 0.05) is 0 Å². The van der Waals surface area contributed by atoms with Crippen LogP contribution in [-0.2, 0) is 6.18 Å². The highest BCUT2D eigenvalue weighted by molar-refractivity contribution is 5.96. The fraction of sp³-hybridized carbons (Fsp3) is 0.0714. The smallest absolute Gasteiger partial charge is 0.416 e. The van der Waals surface area contributed by atoms with E-state index in [1.165, 1.54) is 24.3 Å². The van der Waals surface area contributed by atoms with Crippen LogP contribution in [0.5, 0.6) is 5.75 Å². The summed E-state index contributed by atoms with van der Waals surface area (Å²) < 4.78 is 37.8. The number of aromatic hydroxyl groups is 1. The topological polar surface area (TPSA) is 57.5 Å². The van der Waals surface area contributed by atoms with E-state index >= 15 is 0 Å². The molecule has 0 aliphatic carbocycles. The van der Waals surface area contributed by atoms with E-state index in [2.05, 4.69) is 0 Å². The molecule has 6 heteroatoms. The minimum atomic E-state index is -4.60. The Kier molecular flexibility index (Phi) is 3.40. The molecule has 0 aliphatic heterocycles. The number of phenols is 1. The van der Waals surface area contributed by atoms with Crippen LogP contribution in [0.25, 0.3) is 11.1 Å². The predicted octanol–water partition coefficient (Wildman–Crippen LogP) is 3.78. The maximum absolute atomic E-state index is 12.6. The maximum atomic E-state index is 12.6. The van der Waals surface area contributed by atoms with Crippen molar-refractivity contribution in [2.45, 2.75) is 6.18 Å². The summed E-state index contributed by atoms with van der Waals surface area (Å²) in [4.78, 5) is 11.1. The van der Waals surface area contributed by atoms with Gasteiger partial charge < -0.3 is 10.2 Å². The molecule has 0 heterocycles. The maximum Gasteiger partial charge on any atom is 0.416 e. The van der Waals surface area contributed by atoms with Gasteiger partial charge in [0.2, 0.25) is 0 Å². The van der Waals surface area contributed by atoms with Crippen LogP contribution >= 0.6 is 0 Å². The second-order valence-corrected chi connectivity index (χ2v) is 4.11. The summed E-state index contributed by atoms with van der Waals surface area (Å²) in [5.74, 6) is -1.46. The van der Waals surface area contributed by atoms with Gasteiger partial charge in [-0.1, -0.05) is 18.2 Å². The quantitative estimate of drug-likeness (QED) is 0.881. The Hall–Kier alpha value is -2.50. The zero-order chi connectivity index (χ0) is 14.9. The average Bonchev–Trinajstić information content (AvgIpc) is 2.38. The number of rotatable bonds is 2. The van der Waals surface area contributed by atoms with Crippen LogP contribution in [0.2, 0.25) is 0 Å². The first kappa shape index (κ1) is 13.9. The number of phenolic OH excluding ortho intramolecular Hbond substituents is 1. The number of halogens is 3. The Morgan fingerprint density at radius 2 is 1.60 bits per heavy atom. The lowest BCUT2D eigenvalue weighted by Gasteiger charge is -2.11. The summed E-state index contributed by atoms with van der Waals surface area (Å²) >= 11 is 0. The van der Waals surface area contributed by atoms with E-state index in [9.17, 15) is 18.0 Å². The van der Waals surface area contributed by atoms with Crippen molar-refractivity contribution in [3.8, 4) is 16.9 Å². The molecule has 0 unspecified atom stereocenters. The molecule has 0 aromatic heterocycles. The van der Waals surface area contributed by atoms with Crippen LogP contribution in [0.3, 0.4) is 0 Å². The van der Waals surface area contributed by atoms with Crippen LogP contribution in [-0.4, -0.2) is 16.2 Å². The highest BCUT2D eigenvalue weighted by atomic mass is 19.4. The first-order chi connectivity index (χ1) is 9.29. The third kappa shape index (κ3) is 2.74. The molecule has 0 saturated heterocycles. The van der Waals surface area contributed by atoms with Gasteiger partial charge >= 0.3 is 12.1 Å². The number of aromatic carboxylic acids is 1. The van der Waals surface area contributed by atoms with Gasteiger partial charge in [-0.3, -0.25) is 0 Å². The van der Waals surface area contributed by atoms with Crippen LogP contribution < -0.4 is 0 Å². The van der Waals surface area contributed by atoms with Gasteiger partial charge in [0.05, 0.1) is 11.1 Å². The van der Waals surface area contributed by atoms with Crippen LogP contribution in [0.1, 0.15) is 15.9 Å². The van der Waals surface area contributed by atoms with Crippen molar-refractivity contribution in [3.63, 3.8) is 0 Å². The Morgan fingerprint density at radius 3 is 2.10 bits per heavy atom. The van der Waals surface area contributed by atoms with E-state index in [4.69, 9.17) is 10.2 Å². The highest BCUT2D eigenvalue weighted by Gasteiger charge is 2.31. The largest absolute Gasteiger partial charge is 0.508 e. The molecular weight excluding hydrogens is 273 g/mol. The molecule has 104 valence electrons. The minimum absolute atomic E-state index is 0.0162. The first-order valence-corrected chi connectivity index (χ1v) is 5.53. The van der Waals surface area contributed by atoms with Crippen molar-refractivity contribution in [2.24, 2.45) is 0 Å². The molecule has 2 N–H and O–H groups in total. The van der Waals surface area contributed by atoms with Gasteiger partial charge in [-0.15, -0.1) is 0 Å². The summed E-state index contributed by atoms with van der Waals surface area (Å²) in [5, 5.41) is 18.2. The third-order valence-corrected chi connectivity index (χ3v) is 2.76. The standard InChI is InChI=1S/C14H9F3O3/c15-14(16,17)9-3-6-11(12(7-9)13(19)20)8-1-4-10(18)5-2-8/h1-7,18H,(H,19,20). The van der Waals surface area contributed by atoms with Crippen molar-refractivity contribution < 1.29 is 28.2 Å². The lowest BCUT2D eigenvalue weighted by atomic mass is 9.97. The normalized spacial score (nSPS) is 11.3. The molecule has 0 saturated carbocycles. The highest BCUT2D eigenvalue weighted by Crippen LogP contribution is 2.33. The van der Waals surface area contributed by atoms with E-state index in [-0.39, 0.29) is 11.3 Å². The van der Waals surface area contributed by atoms with Crippen LogP contribution in [0.4, 0.5) is 13.2 Å². The molecule has 0 spiro atoms. The lowest BCUT2D eigenvalue weighted by molar-refractivity contribution is -0.137. The average molecular weight is 282 g/mol. The number of carboxylic acid groups (broad SMARTS) is 1. The Balaban J connectivity index is 2.59. The van der Waals surface area contributed by atoms with Crippen molar-refractivity contribution >= 4 is 5.97 Å². The van der Waals surface area contributed by atoms with Gasteiger partial charge in [-0.05, 0) is 35.4 Å². The van der Waals surface area contributed by atoms with Crippen molar-refractivity contribution in [3.05, 3.63) is 53.6 Å². The Labute approximate surface area is 111 Å². The van der Waals surface area contributed by atoms with E-state index in [0.29, 0.717) is 11.6 Å². The van der Waals surface area contributed by atoms with Crippen molar-refractivity contribution in [2.75, 3.05) is 0 Å². The number of carboxylic acids is 1. The lowest BCUT2D eigenvalue weighted by Crippen LogP contribution is -2.08. The van der Waals surface area contributed by atoms with Gasteiger partial charge in [0.1, 0.15) is 5.75 Å². The molecule has 0 atom stereocenters. The van der Waals surface area contributed by atoms with Crippen LogP contribution in [0.15, 0.2) is 42.5 Å². The molecule has 0 amide bonds. The van der Waals surface area contributed by atoms with Gasteiger partial charge in [0.15, 0.2) is 0 Å². The van der Waals surface area contributed by atoms with Crippen LogP contribution in [0, 0.1) is 0 Å². The van der Waals surface area contributed by atoms with Gasteiger partial charge in [-0.25, -0.2) is 4.79 Å². The van der Waals surface area contributed by atoms with E-state index in [1.54, 1.807) is 0 Å². The molecule has 0 fully saturated rings. The summed E-state index contributed by atoms with van der Waals surface area (Å²) in [6.07, 6.45) is -4.60. The zero-order valence-corrected chi connectivity index (χ0v) is 9.98. The molecule has 0 aliphatic rings. The fourth-order valence-electron chi connectivity index (χ4n) is 1.79. The van der Waals surface area contributed by atoms with E-state index in [1.807, 2.05) is 0 Å². The minimum Gasteiger partial charge on any atom is -0.508 e. The van der Waals surface area contributed by atoms with Gasteiger partial charge in [-0.2, -0.15) is 13.2 Å². The number of hydrogen-bond acceptors (Lipinski definition) is 2. The van der Waals surface area contributed by atoms with E-state index < -0.39 is 23.3 Å². The van der Waals surface area contributed by atoms with E-state index in [0.717, 1.165) is 12.1 Å². The Morgan fingerprint density at radius 1 is 1.00 bits per heavy atom. The second kappa shape index (κ2) is 4.88. The zero-order valence-electron chi connectivity index (χ0n) is 9.98. The monoisotopic (exact) mass is 282 g/mol. The molecule has 2 aromatic carbocycles. The Bertz CT molecular complexity index is 646. The van der Waals surface area contributed by atoms with Crippen molar-refractivity contribution in [1.29, 1.82) is 0 Å². The predicted molar refractivity (Wildman–Crippen MR) is 65.5 cm³/mol. The molecule has 0 bridgehead atoms. The fourth-order valence-corrected chi connectivity index (χ4v) is 1.79. The number of carbonyl (C=O) groups is 1. The van der Waals surface area contributed by atoms with Gasteiger partial charge in [0.25, 0.3) is 0 Å². The molecule has 2 rings (SSSR count). The molecule has 0 radical (unpaired) electrons. The summed E-state index contributed by atoms with van der Waals surface area (Å²) in [5.41, 5.74) is -0.887. The summed E-state index contributed by atoms with van der Waals surface area (Å²) in [6.45, 7) is 0. The molecule has 2 aromatic rings. The summed E-state index contributed by atoms with van der Waals surface area (Å²) in [6, 6.07) is 8.07. The summed E-state index contributed by atoms with van der Waals surface area (Å²) in [7, 11) is 0. The molecular formula is C14H9F3O3. The molecule has 20 heavy (non-hydrogen) atoms. The second-order valence-electron chi connectivity index (χ2n) is 4.11. The molecule has 3 nitrogen and oxygen atoms in total. The number of hydrogen-bond donors (Lipinski definition) is 2. The first-order valence-electron chi connectivity index (χ1n) is 5.53. The SMILES string of the molecule is O=C(O)c1cc(C(F)(F)F)ccc1-c1ccc(O)cc1. The number of benzene rings is 2. The number of alkyl halides is 3. The third-order valence-electron chi connectivity index (χ3n) is 2.76.